The van der Waals surface area contributed by atoms with Crippen LogP contribution in [-0.4, -0.2) is 30.6 Å². The van der Waals surface area contributed by atoms with Crippen molar-refractivity contribution in [3.8, 4) is 5.88 Å². The molecule has 1 fully saturated rings. The molecule has 1 aromatic heterocycles. The molecule has 1 atom stereocenters. The summed E-state index contributed by atoms with van der Waals surface area (Å²) < 4.78 is 15.7. The van der Waals surface area contributed by atoms with Crippen LogP contribution < -0.4 is 4.74 Å². The van der Waals surface area contributed by atoms with Gasteiger partial charge in [0.05, 0.1) is 7.11 Å². The van der Waals surface area contributed by atoms with Crippen molar-refractivity contribution < 1.29 is 23.6 Å². The van der Waals surface area contributed by atoms with Crippen LogP contribution in [0.25, 0.3) is 0 Å². The minimum Gasteiger partial charge on any atom is -0.472 e. The number of aromatic nitrogens is 1. The Hall–Kier alpha value is -1.85. The lowest BCUT2D eigenvalue weighted by atomic mass is 9.69. The number of hydrogen-bond acceptors (Lipinski definition) is 6. The molecule has 1 aliphatic rings. The fourth-order valence-corrected chi connectivity index (χ4v) is 2.65. The Bertz CT molecular complexity index is 516. The van der Waals surface area contributed by atoms with Crippen LogP contribution in [0.1, 0.15) is 45.3 Å². The molecule has 0 amide bonds. The molecule has 0 saturated heterocycles. The molecule has 116 valence electrons. The van der Waals surface area contributed by atoms with Gasteiger partial charge in [-0.25, -0.2) is 0 Å². The zero-order valence-corrected chi connectivity index (χ0v) is 12.8. The third-order valence-electron chi connectivity index (χ3n) is 3.89. The number of carbonyl (C=O) groups is 2. The van der Waals surface area contributed by atoms with E-state index >= 15 is 0 Å². The van der Waals surface area contributed by atoms with Gasteiger partial charge in [0.1, 0.15) is 18.3 Å². The van der Waals surface area contributed by atoms with E-state index in [1.54, 1.807) is 6.07 Å². The summed E-state index contributed by atoms with van der Waals surface area (Å²) in [6.45, 7) is 5.72. The minimum absolute atomic E-state index is 0.0281. The first-order valence-corrected chi connectivity index (χ1v) is 7.06. The number of carbonyl (C=O) groups excluding carboxylic acids is 2. The first-order chi connectivity index (χ1) is 9.88. The molecule has 0 aromatic carbocycles. The molecule has 0 spiro atoms. The summed E-state index contributed by atoms with van der Waals surface area (Å²) in [5, 5.41) is 3.84. The van der Waals surface area contributed by atoms with E-state index in [9.17, 15) is 9.59 Å². The second-order valence-corrected chi connectivity index (χ2v) is 6.23. The van der Waals surface area contributed by atoms with Crippen molar-refractivity contribution in [1.29, 1.82) is 0 Å². The van der Waals surface area contributed by atoms with Gasteiger partial charge in [-0.15, -0.1) is 0 Å². The van der Waals surface area contributed by atoms with Gasteiger partial charge in [0, 0.05) is 11.5 Å². The standard InChI is InChI=1S/C15H21NO5/c1-9(2)13(14(18)19-4)11-5-12(16-21-11)20-10-6-15(3,7-10)8-17/h5,8-10,13H,6-7H2,1-4H3. The van der Waals surface area contributed by atoms with Crippen molar-refractivity contribution in [3.63, 3.8) is 0 Å². The molecule has 1 aromatic rings. The molecular formula is C15H21NO5. The van der Waals surface area contributed by atoms with Gasteiger partial charge in [-0.3, -0.25) is 4.79 Å². The molecule has 1 heterocycles. The van der Waals surface area contributed by atoms with E-state index in [2.05, 4.69) is 5.16 Å². The molecular weight excluding hydrogens is 274 g/mol. The van der Waals surface area contributed by atoms with E-state index in [1.807, 2.05) is 20.8 Å². The van der Waals surface area contributed by atoms with Crippen LogP contribution in [0.15, 0.2) is 10.6 Å². The van der Waals surface area contributed by atoms with Gasteiger partial charge >= 0.3 is 5.97 Å². The largest absolute Gasteiger partial charge is 0.472 e. The van der Waals surface area contributed by atoms with Crippen LogP contribution >= 0.6 is 0 Å². The lowest BCUT2D eigenvalue weighted by Gasteiger charge is -2.39. The number of methoxy groups -OCH3 is 1. The zero-order valence-electron chi connectivity index (χ0n) is 12.8. The normalized spacial score (nSPS) is 26.0. The van der Waals surface area contributed by atoms with Crippen LogP contribution in [0, 0.1) is 11.3 Å². The predicted octanol–water partition coefficient (Wildman–Crippen LogP) is 2.33. The van der Waals surface area contributed by atoms with Gasteiger partial charge < -0.3 is 18.8 Å². The van der Waals surface area contributed by atoms with E-state index in [0.717, 1.165) is 6.29 Å². The van der Waals surface area contributed by atoms with Crippen molar-refractivity contribution in [3.05, 3.63) is 11.8 Å². The summed E-state index contributed by atoms with van der Waals surface area (Å²) >= 11 is 0. The van der Waals surface area contributed by atoms with E-state index < -0.39 is 5.92 Å². The molecule has 1 aliphatic carbocycles. The first kappa shape index (κ1) is 15.5. The Balaban J connectivity index is 2.01. The number of esters is 1. The number of hydrogen-bond donors (Lipinski definition) is 0. The summed E-state index contributed by atoms with van der Waals surface area (Å²) in [6, 6.07) is 1.62. The van der Waals surface area contributed by atoms with Gasteiger partial charge in [0.15, 0.2) is 5.76 Å². The number of ether oxygens (including phenoxy) is 2. The lowest BCUT2D eigenvalue weighted by Crippen LogP contribution is -2.43. The second kappa shape index (κ2) is 5.87. The van der Waals surface area contributed by atoms with E-state index in [1.165, 1.54) is 7.11 Å². The second-order valence-electron chi connectivity index (χ2n) is 6.23. The highest BCUT2D eigenvalue weighted by atomic mass is 16.5. The maximum absolute atomic E-state index is 11.8. The predicted molar refractivity (Wildman–Crippen MR) is 73.9 cm³/mol. The molecule has 0 aliphatic heterocycles. The fraction of sp³-hybridized carbons (Fsp3) is 0.667. The molecule has 21 heavy (non-hydrogen) atoms. The van der Waals surface area contributed by atoms with Crippen LogP contribution in [0.5, 0.6) is 5.88 Å². The van der Waals surface area contributed by atoms with Gasteiger partial charge in [-0.05, 0) is 23.9 Å². The average molecular weight is 295 g/mol. The summed E-state index contributed by atoms with van der Waals surface area (Å²) in [5.41, 5.74) is -0.288. The molecule has 0 N–H and O–H groups in total. The van der Waals surface area contributed by atoms with Crippen LogP contribution in [-0.2, 0) is 14.3 Å². The molecule has 1 unspecified atom stereocenters. The Kier molecular flexibility index (Phi) is 4.34. The fourth-order valence-electron chi connectivity index (χ4n) is 2.65. The SMILES string of the molecule is COC(=O)C(c1cc(OC2CC(C)(C=O)C2)no1)C(C)C. The molecule has 0 bridgehead atoms. The quantitative estimate of drug-likeness (QED) is 0.592. The number of nitrogens with zero attached hydrogens (tertiary/aromatic N) is 1. The Labute approximate surface area is 123 Å². The van der Waals surface area contributed by atoms with Gasteiger partial charge in [-0.2, -0.15) is 0 Å². The van der Waals surface area contributed by atoms with Gasteiger partial charge in [0.25, 0.3) is 5.88 Å². The molecule has 6 heteroatoms. The molecule has 1 saturated carbocycles. The first-order valence-electron chi connectivity index (χ1n) is 7.06. The van der Waals surface area contributed by atoms with Crippen molar-refractivity contribution >= 4 is 12.3 Å². The molecule has 2 rings (SSSR count). The highest BCUT2D eigenvalue weighted by Gasteiger charge is 2.42. The van der Waals surface area contributed by atoms with Crippen LogP contribution in [0.4, 0.5) is 0 Å². The Morgan fingerprint density at radius 3 is 2.71 bits per heavy atom. The maximum Gasteiger partial charge on any atom is 0.316 e. The lowest BCUT2D eigenvalue weighted by molar-refractivity contribution is -0.144. The summed E-state index contributed by atoms with van der Waals surface area (Å²) in [5.74, 6) is -0.0477. The smallest absolute Gasteiger partial charge is 0.316 e. The van der Waals surface area contributed by atoms with Gasteiger partial charge in [0.2, 0.25) is 0 Å². The van der Waals surface area contributed by atoms with E-state index in [-0.39, 0.29) is 23.4 Å². The van der Waals surface area contributed by atoms with E-state index in [0.29, 0.717) is 24.5 Å². The Morgan fingerprint density at radius 2 is 2.19 bits per heavy atom. The van der Waals surface area contributed by atoms with Crippen LogP contribution in [0.3, 0.4) is 0 Å². The summed E-state index contributed by atoms with van der Waals surface area (Å²) in [7, 11) is 1.35. The third kappa shape index (κ3) is 3.25. The summed E-state index contributed by atoms with van der Waals surface area (Å²) in [6.07, 6.45) is 2.27. The van der Waals surface area contributed by atoms with Crippen molar-refractivity contribution in [2.75, 3.05) is 7.11 Å². The van der Waals surface area contributed by atoms with Crippen LogP contribution in [0.2, 0.25) is 0 Å². The third-order valence-corrected chi connectivity index (χ3v) is 3.89. The van der Waals surface area contributed by atoms with Crippen molar-refractivity contribution in [2.45, 2.75) is 45.6 Å². The van der Waals surface area contributed by atoms with Crippen molar-refractivity contribution in [2.24, 2.45) is 11.3 Å². The highest BCUT2D eigenvalue weighted by molar-refractivity contribution is 5.77. The average Bonchev–Trinajstić information content (AvgIpc) is 2.84. The summed E-state index contributed by atoms with van der Waals surface area (Å²) in [4.78, 5) is 22.6. The Morgan fingerprint density at radius 1 is 1.52 bits per heavy atom. The van der Waals surface area contributed by atoms with Gasteiger partial charge in [-0.1, -0.05) is 20.8 Å². The topological polar surface area (TPSA) is 78.6 Å². The zero-order chi connectivity index (χ0) is 15.6. The molecule has 6 nitrogen and oxygen atoms in total. The minimum atomic E-state index is -0.499. The number of aldehydes is 1. The van der Waals surface area contributed by atoms with E-state index in [4.69, 9.17) is 14.0 Å². The number of rotatable bonds is 6. The highest BCUT2D eigenvalue weighted by Crippen LogP contribution is 2.41. The monoisotopic (exact) mass is 295 g/mol. The maximum atomic E-state index is 11.8. The van der Waals surface area contributed by atoms with Crippen molar-refractivity contribution in [1.82, 2.24) is 5.16 Å². The molecule has 0 radical (unpaired) electrons.